The second-order valence-electron chi connectivity index (χ2n) is 4.44. The first-order valence-corrected chi connectivity index (χ1v) is 6.07. The maximum Gasteiger partial charge on any atom is 0.337 e. The molecule has 94 valence electrons. The molecular weight excluding hydrogens is 250 g/mol. The normalized spacial score (nSPS) is 10.9. The van der Waals surface area contributed by atoms with Crippen molar-refractivity contribution in [2.75, 3.05) is 0 Å². The fourth-order valence-corrected chi connectivity index (χ4v) is 2.02. The third-order valence-electron chi connectivity index (χ3n) is 2.81. The van der Waals surface area contributed by atoms with Gasteiger partial charge in [0.1, 0.15) is 0 Å². The topological polar surface area (TPSA) is 42.2 Å². The molecule has 0 aliphatic rings. The lowest BCUT2D eigenvalue weighted by Gasteiger charge is -2.05. The molecule has 0 fully saturated rings. The molecule has 0 spiro atoms. The van der Waals surface area contributed by atoms with Crippen LogP contribution in [0.1, 0.15) is 30.2 Å². The maximum absolute atomic E-state index is 11.3. The molecule has 0 aliphatic heterocycles. The molecule has 0 atom stereocenters. The average Bonchev–Trinajstić information content (AvgIpc) is 2.73. The highest BCUT2D eigenvalue weighted by molar-refractivity contribution is 6.30. The number of benzene rings is 1. The van der Waals surface area contributed by atoms with Gasteiger partial charge >= 0.3 is 5.97 Å². The van der Waals surface area contributed by atoms with Crippen molar-refractivity contribution in [1.29, 1.82) is 0 Å². The van der Waals surface area contributed by atoms with Gasteiger partial charge in [0, 0.05) is 29.0 Å². The zero-order valence-electron chi connectivity index (χ0n) is 10.2. The molecule has 2 aromatic rings. The Labute approximate surface area is 111 Å². The van der Waals surface area contributed by atoms with Gasteiger partial charge in [0.15, 0.2) is 0 Å². The quantitative estimate of drug-likeness (QED) is 0.906. The Morgan fingerprint density at radius 2 is 2.06 bits per heavy atom. The number of rotatable bonds is 3. The minimum Gasteiger partial charge on any atom is -0.478 e. The van der Waals surface area contributed by atoms with Crippen molar-refractivity contribution >= 4 is 17.6 Å². The van der Waals surface area contributed by atoms with E-state index in [0.29, 0.717) is 16.1 Å². The lowest BCUT2D eigenvalue weighted by Crippen LogP contribution is -1.98. The van der Waals surface area contributed by atoms with E-state index in [0.717, 1.165) is 5.56 Å². The average molecular weight is 264 g/mol. The van der Waals surface area contributed by atoms with Crippen molar-refractivity contribution in [3.63, 3.8) is 0 Å². The molecule has 3 nitrogen and oxygen atoms in total. The number of halogens is 1. The van der Waals surface area contributed by atoms with Gasteiger partial charge in [0.05, 0.1) is 5.56 Å². The summed E-state index contributed by atoms with van der Waals surface area (Å²) in [6, 6.07) is 7.43. The summed E-state index contributed by atoms with van der Waals surface area (Å²) >= 11 is 5.94. The van der Waals surface area contributed by atoms with E-state index in [4.69, 9.17) is 11.6 Å². The molecule has 0 amide bonds. The standard InChI is InChI=1S/C14H14ClNO2/c1-9(2)16-7-12(13(8-16)14(17)18)10-4-3-5-11(15)6-10/h3-9H,1-2H3,(H,17,18). The summed E-state index contributed by atoms with van der Waals surface area (Å²) in [5.74, 6) is -0.927. The van der Waals surface area contributed by atoms with Crippen molar-refractivity contribution in [3.05, 3.63) is 47.2 Å². The Hall–Kier alpha value is -1.74. The van der Waals surface area contributed by atoms with Gasteiger partial charge < -0.3 is 9.67 Å². The van der Waals surface area contributed by atoms with E-state index in [1.807, 2.05) is 36.7 Å². The SMILES string of the molecule is CC(C)n1cc(C(=O)O)c(-c2cccc(Cl)c2)c1. The Bertz CT molecular complexity index is 587. The van der Waals surface area contributed by atoms with Crippen LogP contribution in [0.4, 0.5) is 0 Å². The van der Waals surface area contributed by atoms with Gasteiger partial charge in [-0.05, 0) is 31.5 Å². The van der Waals surface area contributed by atoms with Crippen LogP contribution in [0.3, 0.4) is 0 Å². The number of nitrogens with zero attached hydrogens (tertiary/aromatic N) is 1. The highest BCUT2D eigenvalue weighted by Gasteiger charge is 2.16. The van der Waals surface area contributed by atoms with Crippen molar-refractivity contribution in [2.24, 2.45) is 0 Å². The molecule has 0 aliphatic carbocycles. The molecule has 0 unspecified atom stereocenters. The van der Waals surface area contributed by atoms with Crippen LogP contribution in [-0.2, 0) is 0 Å². The van der Waals surface area contributed by atoms with Gasteiger partial charge in [-0.2, -0.15) is 0 Å². The molecule has 1 aromatic heterocycles. The van der Waals surface area contributed by atoms with Gasteiger partial charge in [-0.25, -0.2) is 4.79 Å². The van der Waals surface area contributed by atoms with Crippen molar-refractivity contribution in [1.82, 2.24) is 4.57 Å². The molecule has 1 aromatic carbocycles. The highest BCUT2D eigenvalue weighted by atomic mass is 35.5. The Morgan fingerprint density at radius 3 is 2.61 bits per heavy atom. The second kappa shape index (κ2) is 4.86. The van der Waals surface area contributed by atoms with Crippen molar-refractivity contribution in [2.45, 2.75) is 19.9 Å². The lowest BCUT2D eigenvalue weighted by atomic mass is 10.1. The molecule has 4 heteroatoms. The Morgan fingerprint density at radius 1 is 1.33 bits per heavy atom. The van der Waals surface area contributed by atoms with E-state index < -0.39 is 5.97 Å². The van der Waals surface area contributed by atoms with Crippen LogP contribution < -0.4 is 0 Å². The summed E-state index contributed by atoms with van der Waals surface area (Å²) in [7, 11) is 0. The molecule has 0 radical (unpaired) electrons. The lowest BCUT2D eigenvalue weighted by molar-refractivity contribution is 0.0697. The largest absolute Gasteiger partial charge is 0.478 e. The highest BCUT2D eigenvalue weighted by Crippen LogP contribution is 2.28. The van der Waals surface area contributed by atoms with Crippen molar-refractivity contribution < 1.29 is 9.90 Å². The number of aromatic carboxylic acids is 1. The van der Waals surface area contributed by atoms with Gasteiger partial charge in [0.25, 0.3) is 0 Å². The zero-order chi connectivity index (χ0) is 13.3. The smallest absolute Gasteiger partial charge is 0.337 e. The first kappa shape index (κ1) is 12.7. The van der Waals surface area contributed by atoms with Crippen molar-refractivity contribution in [3.8, 4) is 11.1 Å². The molecule has 1 N–H and O–H groups in total. The first-order valence-electron chi connectivity index (χ1n) is 5.69. The summed E-state index contributed by atoms with van der Waals surface area (Å²) in [6.45, 7) is 4.01. The van der Waals surface area contributed by atoms with Crippen LogP contribution in [0.25, 0.3) is 11.1 Å². The monoisotopic (exact) mass is 263 g/mol. The number of hydrogen-bond donors (Lipinski definition) is 1. The van der Waals surface area contributed by atoms with Crippen LogP contribution >= 0.6 is 11.6 Å². The first-order chi connectivity index (χ1) is 8.49. The molecule has 0 saturated carbocycles. The molecule has 18 heavy (non-hydrogen) atoms. The van der Waals surface area contributed by atoms with E-state index >= 15 is 0 Å². The van der Waals surface area contributed by atoms with Gasteiger partial charge in [-0.1, -0.05) is 23.7 Å². The Kier molecular flexibility index (Phi) is 3.43. The maximum atomic E-state index is 11.3. The predicted molar refractivity (Wildman–Crippen MR) is 72.2 cm³/mol. The number of carboxylic acids is 1. The van der Waals surface area contributed by atoms with Gasteiger partial charge in [0.2, 0.25) is 0 Å². The summed E-state index contributed by atoms with van der Waals surface area (Å²) in [4.78, 5) is 11.3. The molecule has 0 saturated heterocycles. The van der Waals surface area contributed by atoms with Gasteiger partial charge in [-0.15, -0.1) is 0 Å². The summed E-state index contributed by atoms with van der Waals surface area (Å²) in [5, 5.41) is 9.84. The number of aromatic nitrogens is 1. The van der Waals surface area contributed by atoms with E-state index in [1.54, 1.807) is 18.3 Å². The molecular formula is C14H14ClNO2. The number of carboxylic acid groups (broad SMARTS) is 1. The van der Waals surface area contributed by atoms with E-state index in [9.17, 15) is 9.90 Å². The van der Waals surface area contributed by atoms with Crippen LogP contribution in [0.2, 0.25) is 5.02 Å². The molecule has 0 bridgehead atoms. The minimum atomic E-state index is -0.927. The third-order valence-corrected chi connectivity index (χ3v) is 3.04. The number of hydrogen-bond acceptors (Lipinski definition) is 1. The summed E-state index contributed by atoms with van der Waals surface area (Å²) in [5.41, 5.74) is 1.81. The van der Waals surface area contributed by atoms with Gasteiger partial charge in [-0.3, -0.25) is 0 Å². The minimum absolute atomic E-state index is 0.219. The van der Waals surface area contributed by atoms with Crippen LogP contribution in [0.15, 0.2) is 36.7 Å². The molecule has 2 rings (SSSR count). The Balaban J connectivity index is 2.58. The van der Waals surface area contributed by atoms with E-state index in [-0.39, 0.29) is 6.04 Å². The fourth-order valence-electron chi connectivity index (χ4n) is 1.83. The van der Waals surface area contributed by atoms with E-state index in [1.165, 1.54) is 0 Å². The second-order valence-corrected chi connectivity index (χ2v) is 4.88. The summed E-state index contributed by atoms with van der Waals surface area (Å²) < 4.78 is 1.89. The summed E-state index contributed by atoms with van der Waals surface area (Å²) in [6.07, 6.45) is 3.50. The molecule has 1 heterocycles. The third kappa shape index (κ3) is 2.41. The van der Waals surface area contributed by atoms with Crippen LogP contribution in [-0.4, -0.2) is 15.6 Å². The number of carbonyl (C=O) groups is 1. The van der Waals surface area contributed by atoms with Crippen LogP contribution in [0.5, 0.6) is 0 Å². The fraction of sp³-hybridized carbons (Fsp3) is 0.214. The van der Waals surface area contributed by atoms with E-state index in [2.05, 4.69) is 0 Å². The zero-order valence-corrected chi connectivity index (χ0v) is 11.0. The predicted octanol–water partition coefficient (Wildman–Crippen LogP) is 4.09. The van der Waals surface area contributed by atoms with Crippen LogP contribution in [0, 0.1) is 0 Å².